The van der Waals surface area contributed by atoms with Gasteiger partial charge in [-0.05, 0) is 37.8 Å². The summed E-state index contributed by atoms with van der Waals surface area (Å²) in [6.45, 7) is 0. The number of hydrazone groups is 1. The van der Waals surface area contributed by atoms with E-state index in [4.69, 9.17) is 6.42 Å². The highest BCUT2D eigenvalue weighted by Gasteiger charge is 2.08. The third kappa shape index (κ3) is 2.89. The number of hydrogen-bond donors (Lipinski definition) is 1. The molecule has 4 heteroatoms. The van der Waals surface area contributed by atoms with Gasteiger partial charge in [0.15, 0.2) is 0 Å². The van der Waals surface area contributed by atoms with E-state index < -0.39 is 0 Å². The predicted molar refractivity (Wildman–Crippen MR) is 85.0 cm³/mol. The highest BCUT2D eigenvalue weighted by atomic mass is 32.1. The Labute approximate surface area is 122 Å². The van der Waals surface area contributed by atoms with E-state index in [0.29, 0.717) is 0 Å². The molecule has 0 unspecified atom stereocenters. The molecule has 100 valence electrons. The number of thiazole rings is 1. The average Bonchev–Trinajstić information content (AvgIpc) is 3.17. The van der Waals surface area contributed by atoms with Crippen LogP contribution in [0.1, 0.15) is 31.2 Å². The zero-order valence-electron chi connectivity index (χ0n) is 11.1. The summed E-state index contributed by atoms with van der Waals surface area (Å²) in [6, 6.07) is 7.86. The van der Waals surface area contributed by atoms with Crippen LogP contribution in [0.15, 0.2) is 34.7 Å². The topological polar surface area (TPSA) is 37.3 Å². The number of terminal acetylenes is 1. The van der Waals surface area contributed by atoms with Gasteiger partial charge in [0.2, 0.25) is 5.13 Å². The minimum Gasteiger partial charge on any atom is -0.253 e. The predicted octanol–water partition coefficient (Wildman–Crippen LogP) is 4.13. The molecule has 20 heavy (non-hydrogen) atoms. The SMILES string of the molecule is C#Cc1ccc(-c2csc(NN=C3CCCC3)n2)cc1. The number of hydrogen-bond acceptors (Lipinski definition) is 4. The maximum atomic E-state index is 5.35. The van der Waals surface area contributed by atoms with Crippen molar-refractivity contribution >= 4 is 22.2 Å². The van der Waals surface area contributed by atoms with Gasteiger partial charge >= 0.3 is 0 Å². The number of nitrogens with zero attached hydrogens (tertiary/aromatic N) is 2. The normalized spacial score (nSPS) is 14.1. The molecule has 0 atom stereocenters. The lowest BCUT2D eigenvalue weighted by atomic mass is 10.1. The molecule has 1 aromatic heterocycles. The van der Waals surface area contributed by atoms with Crippen LogP contribution in [0.4, 0.5) is 5.13 Å². The summed E-state index contributed by atoms with van der Waals surface area (Å²) in [4.78, 5) is 4.55. The minimum atomic E-state index is 0.834. The number of rotatable bonds is 3. The van der Waals surface area contributed by atoms with Crippen LogP contribution in [0.2, 0.25) is 0 Å². The van der Waals surface area contributed by atoms with Crippen LogP contribution < -0.4 is 5.43 Å². The first kappa shape index (κ1) is 12.9. The summed E-state index contributed by atoms with van der Waals surface area (Å²) in [5.41, 5.74) is 7.22. The molecule has 1 N–H and O–H groups in total. The standard InChI is InChI=1S/C16H15N3S/c1-2-12-7-9-13(10-8-12)15-11-20-16(17-15)19-18-14-5-3-4-6-14/h1,7-11H,3-6H2,(H,17,19). The van der Waals surface area contributed by atoms with Crippen molar-refractivity contribution < 1.29 is 0 Å². The lowest BCUT2D eigenvalue weighted by Gasteiger charge is -1.98. The number of benzene rings is 1. The molecule has 3 rings (SSSR count). The number of nitrogens with one attached hydrogen (secondary N) is 1. The second-order valence-corrected chi connectivity index (χ2v) is 5.61. The molecule has 0 aliphatic heterocycles. The Bertz CT molecular complexity index is 654. The van der Waals surface area contributed by atoms with Gasteiger partial charge < -0.3 is 0 Å². The molecule has 0 amide bonds. The third-order valence-corrected chi connectivity index (χ3v) is 4.09. The van der Waals surface area contributed by atoms with Crippen molar-refractivity contribution in [3.63, 3.8) is 0 Å². The molecule has 0 spiro atoms. The van der Waals surface area contributed by atoms with Gasteiger partial charge in [0.05, 0.1) is 5.69 Å². The van der Waals surface area contributed by atoms with Crippen molar-refractivity contribution in [2.24, 2.45) is 5.10 Å². The molecule has 0 radical (unpaired) electrons. The van der Waals surface area contributed by atoms with Crippen molar-refractivity contribution in [3.8, 4) is 23.6 Å². The highest BCUT2D eigenvalue weighted by Crippen LogP contribution is 2.25. The molecular weight excluding hydrogens is 266 g/mol. The summed E-state index contributed by atoms with van der Waals surface area (Å²) in [7, 11) is 0. The van der Waals surface area contributed by atoms with Crippen LogP contribution in [0.3, 0.4) is 0 Å². The number of aromatic nitrogens is 1. The van der Waals surface area contributed by atoms with E-state index in [1.54, 1.807) is 11.3 Å². The van der Waals surface area contributed by atoms with E-state index in [1.165, 1.54) is 18.6 Å². The first-order valence-corrected chi connectivity index (χ1v) is 7.57. The lowest BCUT2D eigenvalue weighted by Crippen LogP contribution is -1.95. The largest absolute Gasteiger partial charge is 0.253 e. The molecule has 3 nitrogen and oxygen atoms in total. The molecular formula is C16H15N3S. The third-order valence-electron chi connectivity index (χ3n) is 3.34. The Hall–Kier alpha value is -2.12. The summed E-state index contributed by atoms with van der Waals surface area (Å²) >= 11 is 1.57. The van der Waals surface area contributed by atoms with E-state index in [1.807, 2.05) is 29.6 Å². The van der Waals surface area contributed by atoms with Crippen LogP contribution in [-0.2, 0) is 0 Å². The highest BCUT2D eigenvalue weighted by molar-refractivity contribution is 7.14. The van der Waals surface area contributed by atoms with E-state index >= 15 is 0 Å². The van der Waals surface area contributed by atoms with Gasteiger partial charge in [-0.25, -0.2) is 4.98 Å². The van der Waals surface area contributed by atoms with Gasteiger partial charge in [-0.3, -0.25) is 5.43 Å². The van der Waals surface area contributed by atoms with E-state index in [-0.39, 0.29) is 0 Å². The van der Waals surface area contributed by atoms with Crippen LogP contribution in [0, 0.1) is 12.3 Å². The second kappa shape index (κ2) is 5.89. The average molecular weight is 281 g/mol. The fourth-order valence-corrected chi connectivity index (χ4v) is 2.88. The molecule has 0 saturated heterocycles. The van der Waals surface area contributed by atoms with Crippen molar-refractivity contribution in [2.45, 2.75) is 25.7 Å². The summed E-state index contributed by atoms with van der Waals surface area (Å²) < 4.78 is 0. The second-order valence-electron chi connectivity index (χ2n) is 4.76. The van der Waals surface area contributed by atoms with Crippen LogP contribution in [0.5, 0.6) is 0 Å². The lowest BCUT2D eigenvalue weighted by molar-refractivity contribution is 0.886. The smallest absolute Gasteiger partial charge is 0.203 e. The van der Waals surface area contributed by atoms with E-state index in [0.717, 1.165) is 34.8 Å². The van der Waals surface area contributed by atoms with Gasteiger partial charge in [-0.15, -0.1) is 17.8 Å². The fourth-order valence-electron chi connectivity index (χ4n) is 2.22. The van der Waals surface area contributed by atoms with Crippen molar-refractivity contribution in [2.75, 3.05) is 5.43 Å². The molecule has 1 aromatic carbocycles. The van der Waals surface area contributed by atoms with Gasteiger partial charge in [-0.1, -0.05) is 18.1 Å². The number of anilines is 1. The molecule has 2 aromatic rings. The molecule has 1 aliphatic carbocycles. The zero-order chi connectivity index (χ0) is 13.8. The Morgan fingerprint density at radius 1 is 1.20 bits per heavy atom. The van der Waals surface area contributed by atoms with Crippen molar-refractivity contribution in [3.05, 3.63) is 35.2 Å². The Morgan fingerprint density at radius 2 is 1.95 bits per heavy atom. The molecule has 1 heterocycles. The summed E-state index contributed by atoms with van der Waals surface area (Å²) in [6.07, 6.45) is 10.1. The Morgan fingerprint density at radius 3 is 2.65 bits per heavy atom. The quantitative estimate of drug-likeness (QED) is 0.678. The van der Waals surface area contributed by atoms with E-state index in [2.05, 4.69) is 21.4 Å². The fraction of sp³-hybridized carbons (Fsp3) is 0.250. The summed E-state index contributed by atoms with van der Waals surface area (Å²) in [5, 5.41) is 7.28. The molecule has 1 aliphatic rings. The Kier molecular flexibility index (Phi) is 3.80. The Balaban J connectivity index is 1.72. The molecule has 1 saturated carbocycles. The first-order valence-electron chi connectivity index (χ1n) is 6.69. The van der Waals surface area contributed by atoms with Gasteiger partial charge in [-0.2, -0.15) is 5.10 Å². The van der Waals surface area contributed by atoms with Gasteiger partial charge in [0.1, 0.15) is 0 Å². The van der Waals surface area contributed by atoms with Crippen molar-refractivity contribution in [1.29, 1.82) is 0 Å². The van der Waals surface area contributed by atoms with Crippen LogP contribution >= 0.6 is 11.3 Å². The maximum absolute atomic E-state index is 5.35. The van der Waals surface area contributed by atoms with Crippen LogP contribution in [-0.4, -0.2) is 10.7 Å². The minimum absolute atomic E-state index is 0.834. The molecule has 1 fully saturated rings. The molecule has 0 bridgehead atoms. The summed E-state index contributed by atoms with van der Waals surface area (Å²) in [5.74, 6) is 2.61. The first-order chi connectivity index (χ1) is 9.85. The van der Waals surface area contributed by atoms with Gasteiger partial charge in [0, 0.05) is 22.2 Å². The van der Waals surface area contributed by atoms with Gasteiger partial charge in [0.25, 0.3) is 0 Å². The van der Waals surface area contributed by atoms with E-state index in [9.17, 15) is 0 Å². The zero-order valence-corrected chi connectivity index (χ0v) is 11.9. The maximum Gasteiger partial charge on any atom is 0.203 e. The van der Waals surface area contributed by atoms with Crippen molar-refractivity contribution in [1.82, 2.24) is 4.98 Å². The monoisotopic (exact) mass is 281 g/mol. The van der Waals surface area contributed by atoms with Crippen LogP contribution in [0.25, 0.3) is 11.3 Å².